The second-order valence-electron chi connectivity index (χ2n) is 4.38. The van der Waals surface area contributed by atoms with E-state index in [0.29, 0.717) is 16.6 Å². The highest BCUT2D eigenvalue weighted by Gasteiger charge is 2.17. The van der Waals surface area contributed by atoms with Crippen LogP contribution in [0, 0.1) is 5.82 Å². The maximum atomic E-state index is 13.7. The summed E-state index contributed by atoms with van der Waals surface area (Å²) in [6.07, 6.45) is 0. The maximum Gasteiger partial charge on any atom is 0.256 e. The van der Waals surface area contributed by atoms with Gasteiger partial charge in [-0.2, -0.15) is 0 Å². The normalized spacial score (nSPS) is 10.4. The summed E-state index contributed by atoms with van der Waals surface area (Å²) in [7, 11) is 1.59. The van der Waals surface area contributed by atoms with Crippen molar-refractivity contribution in [2.45, 2.75) is 6.54 Å². The van der Waals surface area contributed by atoms with E-state index < -0.39 is 11.7 Å². The fraction of sp³-hybridized carbons (Fsp3) is 0.133. The Morgan fingerprint density at radius 3 is 2.60 bits per heavy atom. The highest BCUT2D eigenvalue weighted by atomic mass is 35.5. The monoisotopic (exact) mass is 311 g/mol. The molecule has 20 heavy (non-hydrogen) atoms. The zero-order valence-corrected chi connectivity index (χ0v) is 12.2. The van der Waals surface area contributed by atoms with E-state index in [1.807, 2.05) is 18.2 Å². The van der Waals surface area contributed by atoms with Gasteiger partial charge in [-0.3, -0.25) is 4.79 Å². The van der Waals surface area contributed by atoms with E-state index >= 15 is 0 Å². The highest BCUT2D eigenvalue weighted by molar-refractivity contribution is 6.31. The van der Waals surface area contributed by atoms with Crippen molar-refractivity contribution in [3.8, 4) is 0 Å². The van der Waals surface area contributed by atoms with Crippen LogP contribution in [0.3, 0.4) is 0 Å². The molecular weight excluding hydrogens is 300 g/mol. The van der Waals surface area contributed by atoms with Gasteiger partial charge in [-0.15, -0.1) is 0 Å². The lowest BCUT2D eigenvalue weighted by molar-refractivity contribution is 0.0780. The lowest BCUT2D eigenvalue weighted by Crippen LogP contribution is -2.27. The zero-order chi connectivity index (χ0) is 14.7. The molecule has 5 heteroatoms. The van der Waals surface area contributed by atoms with Gasteiger partial charge in [-0.05, 0) is 29.8 Å². The predicted octanol–water partition coefficient (Wildman–Crippen LogP) is 4.40. The summed E-state index contributed by atoms with van der Waals surface area (Å²) in [4.78, 5) is 13.6. The molecule has 104 valence electrons. The quantitative estimate of drug-likeness (QED) is 0.822. The molecule has 2 aromatic rings. The van der Waals surface area contributed by atoms with Gasteiger partial charge in [0, 0.05) is 23.6 Å². The minimum absolute atomic E-state index is 0.0490. The van der Waals surface area contributed by atoms with Crippen molar-refractivity contribution in [2.24, 2.45) is 0 Å². The van der Waals surface area contributed by atoms with E-state index in [9.17, 15) is 9.18 Å². The van der Waals surface area contributed by atoms with Crippen LogP contribution in [0.1, 0.15) is 15.9 Å². The number of amides is 1. The molecule has 2 aromatic carbocycles. The molecule has 2 rings (SSSR count). The molecule has 0 aliphatic heterocycles. The second-order valence-corrected chi connectivity index (χ2v) is 5.22. The Morgan fingerprint density at radius 2 is 1.90 bits per heavy atom. The lowest BCUT2D eigenvalue weighted by atomic mass is 10.1. The highest BCUT2D eigenvalue weighted by Crippen LogP contribution is 2.20. The molecule has 0 radical (unpaired) electrons. The third-order valence-corrected chi connectivity index (χ3v) is 3.47. The van der Waals surface area contributed by atoms with Crippen molar-refractivity contribution in [1.29, 1.82) is 0 Å². The molecule has 0 bridgehead atoms. The van der Waals surface area contributed by atoms with E-state index in [0.717, 1.165) is 5.56 Å². The molecule has 0 N–H and O–H groups in total. The fourth-order valence-electron chi connectivity index (χ4n) is 1.82. The standard InChI is InChI=1S/C15H12Cl2FNO/c1-19(9-10-4-2-3-5-13(10)17)15(20)12-8-11(16)6-7-14(12)18/h2-8H,9H2,1H3. The molecule has 0 heterocycles. The van der Waals surface area contributed by atoms with Crippen LogP contribution in [0.2, 0.25) is 10.0 Å². The number of nitrogens with zero attached hydrogens (tertiary/aromatic N) is 1. The molecule has 0 atom stereocenters. The largest absolute Gasteiger partial charge is 0.337 e. The Morgan fingerprint density at radius 1 is 1.20 bits per heavy atom. The van der Waals surface area contributed by atoms with Crippen molar-refractivity contribution in [1.82, 2.24) is 4.90 Å². The predicted molar refractivity (Wildman–Crippen MR) is 78.7 cm³/mol. The molecule has 1 amide bonds. The number of hydrogen-bond donors (Lipinski definition) is 0. The van der Waals surface area contributed by atoms with Crippen LogP contribution in [0.4, 0.5) is 4.39 Å². The Bertz CT molecular complexity index is 646. The topological polar surface area (TPSA) is 20.3 Å². The van der Waals surface area contributed by atoms with Crippen molar-refractivity contribution in [2.75, 3.05) is 7.05 Å². The van der Waals surface area contributed by atoms with Gasteiger partial charge in [-0.1, -0.05) is 41.4 Å². The third-order valence-electron chi connectivity index (χ3n) is 2.87. The molecule has 0 spiro atoms. The number of carbonyl (C=O) groups is 1. The van der Waals surface area contributed by atoms with Crippen LogP contribution in [0.5, 0.6) is 0 Å². The first-order valence-corrected chi connectivity index (χ1v) is 6.68. The van der Waals surface area contributed by atoms with E-state index in [1.54, 1.807) is 13.1 Å². The first-order chi connectivity index (χ1) is 9.49. The van der Waals surface area contributed by atoms with Gasteiger partial charge in [0.1, 0.15) is 5.82 Å². The van der Waals surface area contributed by atoms with Crippen LogP contribution in [-0.2, 0) is 6.54 Å². The van der Waals surface area contributed by atoms with Crippen LogP contribution >= 0.6 is 23.2 Å². The first kappa shape index (κ1) is 14.8. The summed E-state index contributed by atoms with van der Waals surface area (Å²) in [6, 6.07) is 11.1. The van der Waals surface area contributed by atoms with Gasteiger partial charge >= 0.3 is 0 Å². The maximum absolute atomic E-state index is 13.7. The second kappa shape index (κ2) is 6.25. The summed E-state index contributed by atoms with van der Waals surface area (Å²) < 4.78 is 13.7. The molecule has 2 nitrogen and oxygen atoms in total. The third kappa shape index (κ3) is 3.30. The summed E-state index contributed by atoms with van der Waals surface area (Å²) in [5, 5.41) is 0.889. The molecule has 0 saturated carbocycles. The average Bonchev–Trinajstić information content (AvgIpc) is 2.43. The molecule has 0 aromatic heterocycles. The van der Waals surface area contributed by atoms with Crippen LogP contribution in [0.25, 0.3) is 0 Å². The Balaban J connectivity index is 2.21. The SMILES string of the molecule is CN(Cc1ccccc1Cl)C(=O)c1cc(Cl)ccc1F. The summed E-state index contributed by atoms with van der Waals surface area (Å²) in [5.41, 5.74) is 0.750. The van der Waals surface area contributed by atoms with E-state index in [2.05, 4.69) is 0 Å². The van der Waals surface area contributed by atoms with Gasteiger partial charge in [0.15, 0.2) is 0 Å². The average molecular weight is 312 g/mol. The molecular formula is C15H12Cl2FNO. The summed E-state index contributed by atoms with van der Waals surface area (Å²) in [6.45, 7) is 0.296. The van der Waals surface area contributed by atoms with Crippen molar-refractivity contribution in [3.63, 3.8) is 0 Å². The van der Waals surface area contributed by atoms with Crippen molar-refractivity contribution >= 4 is 29.1 Å². The molecule has 0 aliphatic carbocycles. The number of benzene rings is 2. The van der Waals surface area contributed by atoms with Gasteiger partial charge < -0.3 is 4.90 Å². The van der Waals surface area contributed by atoms with E-state index in [4.69, 9.17) is 23.2 Å². The number of rotatable bonds is 3. The first-order valence-electron chi connectivity index (χ1n) is 5.93. The number of hydrogen-bond acceptors (Lipinski definition) is 1. The summed E-state index contributed by atoms with van der Waals surface area (Å²) in [5.74, 6) is -1.03. The molecule has 0 aliphatic rings. The van der Waals surface area contributed by atoms with E-state index in [-0.39, 0.29) is 5.56 Å². The molecule has 0 unspecified atom stereocenters. The minimum atomic E-state index is -0.592. The van der Waals surface area contributed by atoms with E-state index in [1.165, 1.54) is 23.1 Å². The smallest absolute Gasteiger partial charge is 0.256 e. The van der Waals surface area contributed by atoms with Gasteiger partial charge in [0.2, 0.25) is 0 Å². The zero-order valence-electron chi connectivity index (χ0n) is 10.7. The number of halogens is 3. The van der Waals surface area contributed by atoms with Gasteiger partial charge in [0.25, 0.3) is 5.91 Å². The lowest BCUT2D eigenvalue weighted by Gasteiger charge is -2.18. The van der Waals surface area contributed by atoms with Crippen LogP contribution in [0.15, 0.2) is 42.5 Å². The van der Waals surface area contributed by atoms with Crippen molar-refractivity contribution in [3.05, 3.63) is 69.5 Å². The number of carbonyl (C=O) groups excluding carboxylic acids is 1. The van der Waals surface area contributed by atoms with Crippen LogP contribution in [-0.4, -0.2) is 17.9 Å². The Hall–Kier alpha value is -1.58. The summed E-state index contributed by atoms with van der Waals surface area (Å²) >= 11 is 11.8. The Labute approximate surface area is 126 Å². The van der Waals surface area contributed by atoms with Gasteiger partial charge in [0.05, 0.1) is 5.56 Å². The van der Waals surface area contributed by atoms with Gasteiger partial charge in [-0.25, -0.2) is 4.39 Å². The molecule has 0 fully saturated rings. The van der Waals surface area contributed by atoms with Crippen LogP contribution < -0.4 is 0 Å². The Kier molecular flexibility index (Phi) is 4.63. The molecule has 0 saturated heterocycles. The minimum Gasteiger partial charge on any atom is -0.337 e. The van der Waals surface area contributed by atoms with Crippen molar-refractivity contribution < 1.29 is 9.18 Å². The fourth-order valence-corrected chi connectivity index (χ4v) is 2.19.